The van der Waals surface area contributed by atoms with Gasteiger partial charge in [0.05, 0.1) is 6.42 Å². The standard InChI is InChI=1S/C13H17ClN2O3/c1-16(9-7-13(18)19)8-6-12(17)15-11-4-2-10(14)3-5-11/h2-5H,6-9H2,1H3,(H,15,17)(H,18,19). The number of nitrogens with one attached hydrogen (secondary N) is 1. The number of carboxylic acid groups (broad SMARTS) is 1. The minimum Gasteiger partial charge on any atom is -0.481 e. The predicted molar refractivity (Wildman–Crippen MR) is 74.4 cm³/mol. The van der Waals surface area contributed by atoms with Crippen LogP contribution in [0.5, 0.6) is 0 Å². The Morgan fingerprint density at radius 2 is 1.79 bits per heavy atom. The molecular weight excluding hydrogens is 268 g/mol. The maximum absolute atomic E-state index is 11.7. The Kier molecular flexibility index (Phi) is 6.32. The zero-order valence-corrected chi connectivity index (χ0v) is 11.5. The SMILES string of the molecule is CN(CCC(=O)O)CCC(=O)Nc1ccc(Cl)cc1. The van der Waals surface area contributed by atoms with Gasteiger partial charge in [-0.25, -0.2) is 0 Å². The summed E-state index contributed by atoms with van der Waals surface area (Å²) in [5.41, 5.74) is 0.697. The maximum Gasteiger partial charge on any atom is 0.304 e. The van der Waals surface area contributed by atoms with Gasteiger partial charge in [-0.2, -0.15) is 0 Å². The fourth-order valence-corrected chi connectivity index (χ4v) is 1.57. The number of aliphatic carboxylic acids is 1. The highest BCUT2D eigenvalue weighted by Crippen LogP contribution is 2.13. The third-order valence-electron chi connectivity index (χ3n) is 2.56. The van der Waals surface area contributed by atoms with Crippen LogP contribution in [0.25, 0.3) is 0 Å². The molecule has 0 bridgehead atoms. The molecule has 0 radical (unpaired) electrons. The first-order chi connectivity index (χ1) is 8.97. The number of hydrogen-bond donors (Lipinski definition) is 2. The number of amides is 1. The van der Waals surface area contributed by atoms with E-state index in [2.05, 4.69) is 5.32 Å². The average Bonchev–Trinajstić information content (AvgIpc) is 2.36. The van der Waals surface area contributed by atoms with Crippen LogP contribution >= 0.6 is 11.6 Å². The van der Waals surface area contributed by atoms with Crippen LogP contribution in [0.3, 0.4) is 0 Å². The van der Waals surface area contributed by atoms with Crippen molar-refractivity contribution in [3.05, 3.63) is 29.3 Å². The summed E-state index contributed by atoms with van der Waals surface area (Å²) in [4.78, 5) is 23.9. The van der Waals surface area contributed by atoms with Gasteiger partial charge in [0.25, 0.3) is 0 Å². The molecule has 19 heavy (non-hydrogen) atoms. The second kappa shape index (κ2) is 7.76. The van der Waals surface area contributed by atoms with Crippen molar-refractivity contribution < 1.29 is 14.7 Å². The molecule has 0 fully saturated rings. The molecule has 0 spiro atoms. The van der Waals surface area contributed by atoms with Crippen LogP contribution in [0.4, 0.5) is 5.69 Å². The van der Waals surface area contributed by atoms with Gasteiger partial charge in [0.15, 0.2) is 0 Å². The van der Waals surface area contributed by atoms with Gasteiger partial charge in [0, 0.05) is 30.2 Å². The van der Waals surface area contributed by atoms with E-state index in [1.54, 1.807) is 31.3 Å². The molecule has 0 aliphatic heterocycles. The molecule has 0 saturated carbocycles. The van der Waals surface area contributed by atoms with Gasteiger partial charge in [-0.05, 0) is 31.3 Å². The minimum absolute atomic E-state index is 0.0787. The molecule has 0 aliphatic rings. The second-order valence-electron chi connectivity index (χ2n) is 4.25. The first-order valence-electron chi connectivity index (χ1n) is 5.93. The summed E-state index contributed by atoms with van der Waals surface area (Å²) in [5.74, 6) is -0.943. The molecule has 0 aliphatic carbocycles. The molecule has 5 nitrogen and oxygen atoms in total. The Morgan fingerprint density at radius 3 is 2.37 bits per heavy atom. The van der Waals surface area contributed by atoms with Crippen molar-refractivity contribution in [3.8, 4) is 0 Å². The number of hydrogen-bond acceptors (Lipinski definition) is 3. The molecule has 6 heteroatoms. The van der Waals surface area contributed by atoms with Crippen LogP contribution in [0, 0.1) is 0 Å². The van der Waals surface area contributed by atoms with E-state index in [0.29, 0.717) is 30.2 Å². The van der Waals surface area contributed by atoms with Crippen molar-refractivity contribution in [2.45, 2.75) is 12.8 Å². The smallest absolute Gasteiger partial charge is 0.304 e. The number of carbonyl (C=O) groups excluding carboxylic acids is 1. The first kappa shape index (κ1) is 15.5. The summed E-state index contributed by atoms with van der Waals surface area (Å²) in [6.45, 7) is 0.955. The second-order valence-corrected chi connectivity index (χ2v) is 4.69. The Labute approximate surface area is 117 Å². The third kappa shape index (κ3) is 6.79. The summed E-state index contributed by atoms with van der Waals surface area (Å²) in [6, 6.07) is 6.87. The van der Waals surface area contributed by atoms with E-state index in [1.807, 2.05) is 4.90 Å². The van der Waals surface area contributed by atoms with Crippen LogP contribution in [-0.4, -0.2) is 42.0 Å². The number of rotatable bonds is 7. The van der Waals surface area contributed by atoms with Crippen molar-refractivity contribution >= 4 is 29.2 Å². The maximum atomic E-state index is 11.7. The zero-order valence-electron chi connectivity index (χ0n) is 10.7. The number of benzene rings is 1. The predicted octanol–water partition coefficient (Wildman–Crippen LogP) is 2.08. The molecule has 1 aromatic carbocycles. The van der Waals surface area contributed by atoms with Crippen molar-refractivity contribution in [2.75, 3.05) is 25.5 Å². The number of carbonyl (C=O) groups is 2. The van der Waals surface area contributed by atoms with E-state index >= 15 is 0 Å². The van der Waals surface area contributed by atoms with Gasteiger partial charge in [-0.3, -0.25) is 9.59 Å². The van der Waals surface area contributed by atoms with Crippen molar-refractivity contribution in [1.82, 2.24) is 4.90 Å². The molecule has 0 aromatic heterocycles. The molecule has 0 heterocycles. The lowest BCUT2D eigenvalue weighted by Gasteiger charge is -2.14. The highest BCUT2D eigenvalue weighted by molar-refractivity contribution is 6.30. The quantitative estimate of drug-likeness (QED) is 0.804. The fourth-order valence-electron chi connectivity index (χ4n) is 1.45. The Morgan fingerprint density at radius 1 is 1.21 bits per heavy atom. The normalized spacial score (nSPS) is 10.5. The highest BCUT2D eigenvalue weighted by Gasteiger charge is 2.06. The fraction of sp³-hybridized carbons (Fsp3) is 0.385. The van der Waals surface area contributed by atoms with E-state index < -0.39 is 5.97 Å². The molecule has 0 saturated heterocycles. The number of halogens is 1. The van der Waals surface area contributed by atoms with Gasteiger partial charge in [-0.15, -0.1) is 0 Å². The minimum atomic E-state index is -0.836. The Balaban J connectivity index is 2.27. The van der Waals surface area contributed by atoms with E-state index in [4.69, 9.17) is 16.7 Å². The van der Waals surface area contributed by atoms with Crippen molar-refractivity contribution in [2.24, 2.45) is 0 Å². The number of carboxylic acids is 1. The molecular formula is C13H17ClN2O3. The highest BCUT2D eigenvalue weighted by atomic mass is 35.5. The van der Waals surface area contributed by atoms with E-state index in [0.717, 1.165) is 0 Å². The molecule has 1 aromatic rings. The monoisotopic (exact) mass is 284 g/mol. The topological polar surface area (TPSA) is 69.6 Å². The first-order valence-corrected chi connectivity index (χ1v) is 6.31. The van der Waals surface area contributed by atoms with Gasteiger partial charge in [0.2, 0.25) is 5.91 Å². The Bertz CT molecular complexity index is 434. The molecule has 1 amide bonds. The lowest BCUT2D eigenvalue weighted by Crippen LogP contribution is -2.26. The van der Waals surface area contributed by atoms with Crippen LogP contribution in [0.15, 0.2) is 24.3 Å². The summed E-state index contributed by atoms with van der Waals surface area (Å²) in [5, 5.41) is 11.9. The average molecular weight is 285 g/mol. The third-order valence-corrected chi connectivity index (χ3v) is 2.81. The van der Waals surface area contributed by atoms with Gasteiger partial charge < -0.3 is 15.3 Å². The van der Waals surface area contributed by atoms with Crippen molar-refractivity contribution in [1.29, 1.82) is 0 Å². The lowest BCUT2D eigenvalue weighted by atomic mass is 10.3. The number of nitrogens with zero attached hydrogens (tertiary/aromatic N) is 1. The summed E-state index contributed by atoms with van der Waals surface area (Å²) in [7, 11) is 1.79. The van der Waals surface area contributed by atoms with E-state index in [1.165, 1.54) is 0 Å². The van der Waals surface area contributed by atoms with E-state index in [9.17, 15) is 9.59 Å². The van der Waals surface area contributed by atoms with Gasteiger partial charge in [0.1, 0.15) is 0 Å². The van der Waals surface area contributed by atoms with Crippen LogP contribution in [-0.2, 0) is 9.59 Å². The van der Waals surface area contributed by atoms with Gasteiger partial charge >= 0.3 is 5.97 Å². The van der Waals surface area contributed by atoms with Crippen LogP contribution in [0.2, 0.25) is 5.02 Å². The number of anilines is 1. The molecule has 0 atom stereocenters. The van der Waals surface area contributed by atoms with Crippen molar-refractivity contribution in [3.63, 3.8) is 0 Å². The Hall–Kier alpha value is -1.59. The summed E-state index contributed by atoms with van der Waals surface area (Å²) >= 11 is 5.74. The molecule has 2 N–H and O–H groups in total. The molecule has 0 unspecified atom stereocenters. The summed E-state index contributed by atoms with van der Waals surface area (Å²) < 4.78 is 0. The lowest BCUT2D eigenvalue weighted by molar-refractivity contribution is -0.137. The van der Waals surface area contributed by atoms with E-state index in [-0.39, 0.29) is 12.3 Å². The molecule has 1 rings (SSSR count). The van der Waals surface area contributed by atoms with Crippen LogP contribution < -0.4 is 5.32 Å². The summed E-state index contributed by atoms with van der Waals surface area (Å²) in [6.07, 6.45) is 0.397. The molecule has 104 valence electrons. The largest absolute Gasteiger partial charge is 0.481 e. The zero-order chi connectivity index (χ0) is 14.3. The van der Waals surface area contributed by atoms with Gasteiger partial charge in [-0.1, -0.05) is 11.6 Å². The van der Waals surface area contributed by atoms with Crippen LogP contribution in [0.1, 0.15) is 12.8 Å².